The topological polar surface area (TPSA) is 152 Å². The average molecular weight is 725 g/mol. The molecule has 0 heterocycles. The van der Waals surface area contributed by atoms with Gasteiger partial charge in [-0.25, -0.2) is 0 Å². The third-order valence-electron chi connectivity index (χ3n) is 11.9. The summed E-state index contributed by atoms with van der Waals surface area (Å²) in [6.07, 6.45) is 14.0. The summed E-state index contributed by atoms with van der Waals surface area (Å²) in [4.78, 5) is 4.66. The Morgan fingerprint density at radius 2 is 0.863 bits per heavy atom. The fourth-order valence-corrected chi connectivity index (χ4v) is 9.24. The summed E-state index contributed by atoms with van der Waals surface area (Å²) in [5.41, 5.74) is 0. The molecule has 0 fully saturated rings. The Kier molecular flexibility index (Phi) is 16.7. The van der Waals surface area contributed by atoms with Crippen LogP contribution in [0.5, 0.6) is 0 Å². The molecular formula is C38H64N2O11. The second-order valence-electron chi connectivity index (χ2n) is 14.1. The molecule has 1 unspecified atom stereocenters. The van der Waals surface area contributed by atoms with Gasteiger partial charge in [0.15, 0.2) is 0 Å². The minimum atomic E-state index is -0.453. The van der Waals surface area contributed by atoms with Crippen molar-refractivity contribution in [2.45, 2.75) is 73.8 Å². The van der Waals surface area contributed by atoms with E-state index in [9.17, 15) is 20.4 Å². The van der Waals surface area contributed by atoms with Crippen molar-refractivity contribution >= 4 is 0 Å². The Morgan fingerprint density at radius 3 is 1.35 bits per heavy atom. The molecule has 4 aliphatic rings. The van der Waals surface area contributed by atoms with Crippen LogP contribution in [0.15, 0.2) is 48.6 Å². The highest BCUT2D eigenvalue weighted by atomic mass is 16.6. The van der Waals surface area contributed by atoms with E-state index < -0.39 is 18.3 Å². The third kappa shape index (κ3) is 8.72. The number of nitrogens with zero attached hydrogens (tertiary/aromatic N) is 2. The van der Waals surface area contributed by atoms with Gasteiger partial charge in [-0.05, 0) is 0 Å². The molecule has 13 nitrogen and oxygen atoms in total. The molecule has 292 valence electrons. The summed E-state index contributed by atoms with van der Waals surface area (Å²) in [6.45, 7) is 2.58. The second kappa shape index (κ2) is 20.2. The molecule has 0 amide bonds. The van der Waals surface area contributed by atoms with Gasteiger partial charge in [-0.1, -0.05) is 55.5 Å². The van der Waals surface area contributed by atoms with Crippen molar-refractivity contribution in [3.05, 3.63) is 48.6 Å². The van der Waals surface area contributed by atoms with E-state index in [1.807, 2.05) is 18.2 Å². The molecule has 51 heavy (non-hydrogen) atoms. The standard InChI is InChI=1S/C38H64N2O11/c1-23-9-11-29(27(22-44)34(23)47-4)40(31-14-16-33(46-3)38(51-8)37(31)50-7)18-17-39(28-13-15-32(45-2)26(21-43)25(28)20-42)30-12-10-24(19-41)35(48-5)36(30)49-6/h9-16,23-38,41-44H,17-22H2,1-8H3/t23-,24+,25+,26+,27-,28+,29+,30?,31+,32-,33-,34-,35-,36-,37-,38-/m1/s1. The molecule has 0 saturated heterocycles. The number of aliphatic hydroxyl groups is 4. The summed E-state index contributed by atoms with van der Waals surface area (Å²) in [7, 11) is 11.6. The number of hydrogen-bond donors (Lipinski definition) is 4. The quantitative estimate of drug-likeness (QED) is 0.146. The molecule has 0 spiro atoms. The van der Waals surface area contributed by atoms with E-state index in [0.717, 1.165) is 0 Å². The predicted molar refractivity (Wildman–Crippen MR) is 192 cm³/mol. The van der Waals surface area contributed by atoms with Crippen molar-refractivity contribution in [1.82, 2.24) is 9.80 Å². The maximum absolute atomic E-state index is 10.9. The highest BCUT2D eigenvalue weighted by Gasteiger charge is 2.48. The zero-order valence-electron chi connectivity index (χ0n) is 31.6. The molecule has 4 rings (SSSR count). The molecule has 13 heteroatoms. The molecule has 0 aliphatic heterocycles. The van der Waals surface area contributed by atoms with Crippen molar-refractivity contribution in [2.75, 3.05) is 89.3 Å². The van der Waals surface area contributed by atoms with Gasteiger partial charge in [-0.2, -0.15) is 0 Å². The van der Waals surface area contributed by atoms with E-state index >= 15 is 0 Å². The summed E-state index contributed by atoms with van der Waals surface area (Å²) in [6, 6.07) is -1.14. The smallest absolute Gasteiger partial charge is 0.115 e. The normalized spacial score (nSPS) is 41.2. The average Bonchev–Trinajstić information content (AvgIpc) is 3.17. The zero-order chi connectivity index (χ0) is 37.2. The monoisotopic (exact) mass is 724 g/mol. The molecule has 0 radical (unpaired) electrons. The lowest BCUT2D eigenvalue weighted by atomic mass is 9.76. The number of hydrogen-bond acceptors (Lipinski definition) is 13. The van der Waals surface area contributed by atoms with Gasteiger partial charge in [0.1, 0.15) is 24.4 Å². The molecular weight excluding hydrogens is 660 g/mol. The van der Waals surface area contributed by atoms with Gasteiger partial charge < -0.3 is 53.6 Å². The van der Waals surface area contributed by atoms with Crippen LogP contribution in [0.25, 0.3) is 0 Å². The molecule has 0 bridgehead atoms. The molecule has 0 saturated carbocycles. The van der Waals surface area contributed by atoms with Crippen LogP contribution in [0.2, 0.25) is 0 Å². The van der Waals surface area contributed by atoms with Crippen LogP contribution in [-0.4, -0.2) is 186 Å². The van der Waals surface area contributed by atoms with Gasteiger partial charge in [-0.3, -0.25) is 9.80 Å². The van der Waals surface area contributed by atoms with E-state index in [-0.39, 0.29) is 105 Å². The van der Waals surface area contributed by atoms with Crippen molar-refractivity contribution in [2.24, 2.45) is 29.6 Å². The van der Waals surface area contributed by atoms with E-state index in [1.54, 1.807) is 49.8 Å². The van der Waals surface area contributed by atoms with E-state index in [4.69, 9.17) is 33.2 Å². The Labute approximate surface area is 304 Å². The van der Waals surface area contributed by atoms with Crippen LogP contribution in [0, 0.1) is 29.6 Å². The van der Waals surface area contributed by atoms with Crippen LogP contribution >= 0.6 is 0 Å². The molecule has 4 aliphatic carbocycles. The minimum absolute atomic E-state index is 0.0791. The van der Waals surface area contributed by atoms with Crippen molar-refractivity contribution < 1.29 is 53.6 Å². The number of methoxy groups -OCH3 is 7. The van der Waals surface area contributed by atoms with E-state index in [2.05, 4.69) is 47.1 Å². The summed E-state index contributed by atoms with van der Waals surface area (Å²) in [5.74, 6) is -1.09. The van der Waals surface area contributed by atoms with E-state index in [1.165, 1.54) is 0 Å². The van der Waals surface area contributed by atoms with Gasteiger partial charge >= 0.3 is 0 Å². The van der Waals surface area contributed by atoms with Crippen LogP contribution in [0.3, 0.4) is 0 Å². The maximum Gasteiger partial charge on any atom is 0.115 e. The van der Waals surface area contributed by atoms with Gasteiger partial charge in [0.25, 0.3) is 0 Å². The van der Waals surface area contributed by atoms with Crippen LogP contribution in [0.1, 0.15) is 6.92 Å². The maximum atomic E-state index is 10.9. The summed E-state index contributed by atoms with van der Waals surface area (Å²) >= 11 is 0. The third-order valence-corrected chi connectivity index (χ3v) is 11.9. The summed E-state index contributed by atoms with van der Waals surface area (Å²) in [5, 5.41) is 42.5. The Hall–Kier alpha value is -1.56. The molecule has 0 aromatic rings. The van der Waals surface area contributed by atoms with Crippen molar-refractivity contribution in [3.8, 4) is 0 Å². The lowest BCUT2D eigenvalue weighted by molar-refractivity contribution is -0.131. The minimum Gasteiger partial charge on any atom is -0.396 e. The zero-order valence-corrected chi connectivity index (χ0v) is 31.6. The van der Waals surface area contributed by atoms with Gasteiger partial charge in [-0.15, -0.1) is 0 Å². The second-order valence-corrected chi connectivity index (χ2v) is 14.1. The lowest BCUT2D eigenvalue weighted by Gasteiger charge is -2.51. The summed E-state index contributed by atoms with van der Waals surface area (Å²) < 4.78 is 41.7. The molecule has 4 N–H and O–H groups in total. The largest absolute Gasteiger partial charge is 0.396 e. The first-order valence-corrected chi connectivity index (χ1v) is 18.1. The van der Waals surface area contributed by atoms with Crippen LogP contribution in [0.4, 0.5) is 0 Å². The lowest BCUT2D eigenvalue weighted by Crippen LogP contribution is -2.64. The molecule has 16 atom stereocenters. The SMILES string of the molecule is CO[C@H]1[C@H](CO)[C@@H](N(CCN(C2C=C[C@@H](CO)[C@@H](OC)[C@@H]2OC)[C@H]2C=C[C@@H](OC)[C@@H](CO)[C@@H]2CO)[C@H]2C=C[C@@H](OC)[C@@H](OC)[C@@H]2OC)C=C[C@H]1C. The number of ether oxygens (including phenoxy) is 7. The molecule has 0 aromatic carbocycles. The number of aliphatic hydroxyl groups excluding tert-OH is 4. The Bertz CT molecular complexity index is 1110. The fourth-order valence-electron chi connectivity index (χ4n) is 9.24. The van der Waals surface area contributed by atoms with Crippen LogP contribution < -0.4 is 0 Å². The van der Waals surface area contributed by atoms with E-state index in [0.29, 0.717) is 13.1 Å². The first-order chi connectivity index (χ1) is 24.8. The van der Waals surface area contributed by atoms with Gasteiger partial charge in [0, 0.05) is 118 Å². The Balaban J connectivity index is 1.84. The fraction of sp³-hybridized carbons (Fsp3) is 0.789. The predicted octanol–water partition coefficient (Wildman–Crippen LogP) is 0.519. The molecule has 0 aromatic heterocycles. The first kappa shape index (κ1) is 42.2. The van der Waals surface area contributed by atoms with Crippen molar-refractivity contribution in [1.29, 1.82) is 0 Å². The Morgan fingerprint density at radius 1 is 0.412 bits per heavy atom. The highest BCUT2D eigenvalue weighted by molar-refractivity contribution is 5.20. The first-order valence-electron chi connectivity index (χ1n) is 18.1. The highest BCUT2D eigenvalue weighted by Crippen LogP contribution is 2.37. The van der Waals surface area contributed by atoms with Crippen LogP contribution in [-0.2, 0) is 33.2 Å². The van der Waals surface area contributed by atoms with Gasteiger partial charge in [0.2, 0.25) is 0 Å². The van der Waals surface area contributed by atoms with Crippen molar-refractivity contribution in [3.63, 3.8) is 0 Å². The number of rotatable bonds is 18. The van der Waals surface area contributed by atoms with Gasteiger partial charge in [0.05, 0.1) is 43.6 Å².